The van der Waals surface area contributed by atoms with Gasteiger partial charge in [-0.15, -0.1) is 10.2 Å². The number of rotatable bonds is 9. The van der Waals surface area contributed by atoms with Crippen LogP contribution in [0.2, 0.25) is 0 Å². The second-order valence-electron chi connectivity index (χ2n) is 8.38. The molecule has 3 aromatic carbocycles. The Balaban J connectivity index is 1.51. The van der Waals surface area contributed by atoms with E-state index in [-0.39, 0.29) is 18.2 Å². The van der Waals surface area contributed by atoms with Crippen molar-refractivity contribution in [3.8, 4) is 5.69 Å². The Morgan fingerprint density at radius 3 is 2.32 bits per heavy atom. The van der Waals surface area contributed by atoms with Crippen molar-refractivity contribution in [2.75, 3.05) is 10.6 Å². The van der Waals surface area contributed by atoms with Crippen LogP contribution in [-0.2, 0) is 17.5 Å². The van der Waals surface area contributed by atoms with Crippen LogP contribution in [0.4, 0.5) is 24.5 Å². The molecule has 4 aromatic rings. The predicted molar refractivity (Wildman–Crippen MR) is 141 cm³/mol. The number of amides is 1. The number of carbonyl (C=O) groups is 2. The van der Waals surface area contributed by atoms with Gasteiger partial charge in [-0.25, -0.2) is 0 Å². The fraction of sp³-hybridized carbons (Fsp3) is 0.185. The van der Waals surface area contributed by atoms with Crippen LogP contribution < -0.4 is 10.6 Å². The molecule has 1 atom stereocenters. The monoisotopic (exact) mass is 539 g/mol. The summed E-state index contributed by atoms with van der Waals surface area (Å²) in [5.41, 5.74) is 1.39. The number of thioether (sulfide) groups is 1. The molecule has 1 amide bonds. The summed E-state index contributed by atoms with van der Waals surface area (Å²) >= 11 is 1.20. The lowest BCUT2D eigenvalue weighted by Crippen LogP contribution is -2.23. The number of nitrogens with zero attached hydrogens (tertiary/aromatic N) is 3. The molecule has 0 aliphatic heterocycles. The quantitative estimate of drug-likeness (QED) is 0.194. The molecular weight excluding hydrogens is 515 g/mol. The molecular formula is C27H24F3N5O2S. The van der Waals surface area contributed by atoms with E-state index in [0.29, 0.717) is 27.9 Å². The second kappa shape index (κ2) is 11.5. The van der Waals surface area contributed by atoms with Crippen LogP contribution in [0.3, 0.4) is 0 Å². The zero-order valence-corrected chi connectivity index (χ0v) is 21.3. The lowest BCUT2D eigenvalue weighted by molar-refractivity contribution is -0.137. The molecule has 0 aliphatic rings. The molecule has 0 radical (unpaired) electrons. The maximum absolute atomic E-state index is 13.1. The van der Waals surface area contributed by atoms with Gasteiger partial charge in [0, 0.05) is 22.6 Å². The Bertz CT molecular complexity index is 1420. The number of para-hydroxylation sites is 1. The summed E-state index contributed by atoms with van der Waals surface area (Å²) in [4.78, 5) is 24.3. The van der Waals surface area contributed by atoms with Gasteiger partial charge in [-0.05, 0) is 68.4 Å². The number of aromatic nitrogens is 3. The summed E-state index contributed by atoms with van der Waals surface area (Å²) in [6, 6.07) is 20.8. The van der Waals surface area contributed by atoms with Crippen molar-refractivity contribution in [1.29, 1.82) is 0 Å². The van der Waals surface area contributed by atoms with E-state index in [1.165, 1.54) is 24.8 Å². The number of carbonyl (C=O) groups excluding carboxylic acids is 2. The highest BCUT2D eigenvalue weighted by Crippen LogP contribution is 2.31. The zero-order valence-electron chi connectivity index (χ0n) is 20.5. The topological polar surface area (TPSA) is 88.9 Å². The van der Waals surface area contributed by atoms with Crippen LogP contribution in [0.1, 0.15) is 35.6 Å². The first-order valence-corrected chi connectivity index (χ1v) is 12.5. The fourth-order valence-electron chi connectivity index (χ4n) is 3.56. The van der Waals surface area contributed by atoms with Crippen molar-refractivity contribution < 1.29 is 22.8 Å². The minimum Gasteiger partial charge on any atom is -0.378 e. The number of anilines is 2. The summed E-state index contributed by atoms with van der Waals surface area (Å²) in [6.45, 7) is 3.31. The molecule has 0 saturated heterocycles. The molecule has 0 unspecified atom stereocenters. The van der Waals surface area contributed by atoms with Crippen LogP contribution >= 0.6 is 11.8 Å². The number of halogens is 3. The van der Waals surface area contributed by atoms with E-state index in [0.717, 1.165) is 17.8 Å². The third kappa shape index (κ3) is 6.60. The third-order valence-corrected chi connectivity index (χ3v) is 6.61. The van der Waals surface area contributed by atoms with Crippen LogP contribution in [0, 0.1) is 0 Å². The third-order valence-electron chi connectivity index (χ3n) is 5.57. The number of hydrogen-bond acceptors (Lipinski definition) is 6. The lowest BCUT2D eigenvalue weighted by atomic mass is 10.1. The van der Waals surface area contributed by atoms with Crippen LogP contribution in [-0.4, -0.2) is 31.7 Å². The number of nitrogens with one attached hydrogen (secondary N) is 2. The van der Waals surface area contributed by atoms with Crippen molar-refractivity contribution in [3.63, 3.8) is 0 Å². The van der Waals surface area contributed by atoms with Gasteiger partial charge in [0.25, 0.3) is 0 Å². The van der Waals surface area contributed by atoms with Crippen molar-refractivity contribution in [2.45, 2.75) is 37.0 Å². The first kappa shape index (κ1) is 26.9. The van der Waals surface area contributed by atoms with Crippen LogP contribution in [0.25, 0.3) is 5.69 Å². The normalized spacial score (nSPS) is 12.1. The Labute approximate surface area is 221 Å². The van der Waals surface area contributed by atoms with Gasteiger partial charge in [0.15, 0.2) is 16.8 Å². The number of alkyl halides is 3. The van der Waals surface area contributed by atoms with Crippen LogP contribution in [0.15, 0.2) is 84.0 Å². The molecule has 0 bridgehead atoms. The Kier molecular flexibility index (Phi) is 8.16. The molecule has 0 spiro atoms. The van der Waals surface area contributed by atoms with Crippen molar-refractivity contribution in [1.82, 2.24) is 14.8 Å². The molecule has 1 aromatic heterocycles. The molecule has 11 heteroatoms. The molecule has 2 N–H and O–H groups in total. The molecule has 4 rings (SSSR count). The van der Waals surface area contributed by atoms with E-state index >= 15 is 0 Å². The summed E-state index contributed by atoms with van der Waals surface area (Å²) in [5.74, 6) is 0.130. The van der Waals surface area contributed by atoms with E-state index in [9.17, 15) is 22.8 Å². The Morgan fingerprint density at radius 2 is 1.66 bits per heavy atom. The van der Waals surface area contributed by atoms with Gasteiger partial charge in [0.05, 0.1) is 17.4 Å². The molecule has 7 nitrogen and oxygen atoms in total. The van der Waals surface area contributed by atoms with E-state index in [1.54, 1.807) is 41.8 Å². The standard InChI is InChI=1S/C27H24F3N5O2S/c1-17(36)19-11-13-21(14-12-19)32-25(37)18(2)38-26-34-33-24(35(26)23-9-4-3-5-10-23)16-31-22-8-6-7-20(15-22)27(28,29)30/h3-15,18,31H,16H2,1-2H3,(H,32,37)/t18-/m1/s1. The maximum atomic E-state index is 13.1. The lowest BCUT2D eigenvalue weighted by Gasteiger charge is -2.15. The average Bonchev–Trinajstić information content (AvgIpc) is 3.30. The minimum atomic E-state index is -4.45. The predicted octanol–water partition coefficient (Wildman–Crippen LogP) is 6.22. The van der Waals surface area contributed by atoms with Gasteiger partial charge in [-0.3, -0.25) is 14.2 Å². The number of Topliss-reactive ketones (excluding diaryl/α,β-unsaturated/α-hetero) is 1. The Hall–Kier alpha value is -4.12. The molecule has 196 valence electrons. The summed E-state index contributed by atoms with van der Waals surface area (Å²) in [5, 5.41) is 14.2. The maximum Gasteiger partial charge on any atom is 0.416 e. The summed E-state index contributed by atoms with van der Waals surface area (Å²) in [7, 11) is 0. The fourth-order valence-corrected chi connectivity index (χ4v) is 4.44. The highest BCUT2D eigenvalue weighted by Gasteiger charge is 2.30. The number of hydrogen-bond donors (Lipinski definition) is 2. The van der Waals surface area contributed by atoms with E-state index in [2.05, 4.69) is 20.8 Å². The molecule has 38 heavy (non-hydrogen) atoms. The molecule has 0 aliphatic carbocycles. The van der Waals surface area contributed by atoms with Gasteiger partial charge < -0.3 is 10.6 Å². The number of benzene rings is 3. The first-order valence-electron chi connectivity index (χ1n) is 11.6. The van der Waals surface area contributed by atoms with Gasteiger partial charge in [0.1, 0.15) is 0 Å². The highest BCUT2D eigenvalue weighted by atomic mass is 32.2. The molecule has 1 heterocycles. The van der Waals surface area contributed by atoms with E-state index in [4.69, 9.17) is 0 Å². The van der Waals surface area contributed by atoms with Crippen LogP contribution in [0.5, 0.6) is 0 Å². The van der Waals surface area contributed by atoms with E-state index < -0.39 is 17.0 Å². The van der Waals surface area contributed by atoms with Gasteiger partial charge >= 0.3 is 6.18 Å². The van der Waals surface area contributed by atoms with Crippen molar-refractivity contribution >= 4 is 34.8 Å². The van der Waals surface area contributed by atoms with Crippen molar-refractivity contribution in [2.24, 2.45) is 0 Å². The average molecular weight is 540 g/mol. The summed E-state index contributed by atoms with van der Waals surface area (Å²) < 4.78 is 41.0. The Morgan fingerprint density at radius 1 is 0.947 bits per heavy atom. The number of ketones is 1. The SMILES string of the molecule is CC(=O)c1ccc(NC(=O)[C@@H](C)Sc2nnc(CNc3cccc(C(F)(F)F)c3)n2-c2ccccc2)cc1. The molecule has 0 saturated carbocycles. The molecule has 0 fully saturated rings. The van der Waals surface area contributed by atoms with Gasteiger partial charge in [0.2, 0.25) is 5.91 Å². The second-order valence-corrected chi connectivity index (χ2v) is 9.69. The zero-order chi connectivity index (χ0) is 27.3. The summed E-state index contributed by atoms with van der Waals surface area (Å²) in [6.07, 6.45) is -4.45. The van der Waals surface area contributed by atoms with E-state index in [1.807, 2.05) is 30.3 Å². The minimum absolute atomic E-state index is 0.0644. The van der Waals surface area contributed by atoms with Crippen molar-refractivity contribution in [3.05, 3.63) is 95.8 Å². The smallest absolute Gasteiger partial charge is 0.378 e. The largest absolute Gasteiger partial charge is 0.416 e. The van der Waals surface area contributed by atoms with Gasteiger partial charge in [-0.2, -0.15) is 13.2 Å². The first-order chi connectivity index (χ1) is 18.1. The van der Waals surface area contributed by atoms with Gasteiger partial charge in [-0.1, -0.05) is 36.0 Å². The highest BCUT2D eigenvalue weighted by molar-refractivity contribution is 8.00.